The van der Waals surface area contributed by atoms with Gasteiger partial charge in [0.05, 0.1) is 25.2 Å². The van der Waals surface area contributed by atoms with E-state index in [-0.39, 0.29) is 18.4 Å². The van der Waals surface area contributed by atoms with Crippen molar-refractivity contribution in [1.29, 1.82) is 0 Å². The van der Waals surface area contributed by atoms with Gasteiger partial charge in [-0.15, -0.1) is 0 Å². The zero-order valence-electron chi connectivity index (χ0n) is 28.1. The minimum Gasteiger partial charge on any atom is -0.490 e. The van der Waals surface area contributed by atoms with E-state index >= 15 is 0 Å². The molecule has 0 fully saturated rings. The van der Waals surface area contributed by atoms with Gasteiger partial charge in [0.2, 0.25) is 11.8 Å². The third-order valence-corrected chi connectivity index (χ3v) is 6.88. The van der Waals surface area contributed by atoms with E-state index < -0.39 is 36.1 Å². The number of carboxylic acid groups (broad SMARTS) is 2. The Morgan fingerprint density at radius 2 is 1.63 bits per heavy atom. The van der Waals surface area contributed by atoms with Crippen LogP contribution in [0.25, 0.3) is 10.8 Å². The molecule has 0 aliphatic rings. The van der Waals surface area contributed by atoms with Gasteiger partial charge in [0.25, 0.3) is 0 Å². The number of alkyl halides is 3. The quantitative estimate of drug-likeness (QED) is 0.0938. The summed E-state index contributed by atoms with van der Waals surface area (Å²) < 4.78 is 43.5. The lowest BCUT2D eigenvalue weighted by Gasteiger charge is -2.25. The number of fused-ring (bicyclic) bond motifs is 1. The van der Waals surface area contributed by atoms with Crippen LogP contribution < -0.4 is 31.2 Å². The summed E-state index contributed by atoms with van der Waals surface area (Å²) in [7, 11) is 0. The topological polar surface area (TPSA) is 202 Å². The summed E-state index contributed by atoms with van der Waals surface area (Å²) in [6.45, 7) is 7.44. The zero-order chi connectivity index (χ0) is 37.9. The highest BCUT2D eigenvalue weighted by atomic mass is 19.4. The molecule has 7 N–H and O–H groups in total. The van der Waals surface area contributed by atoms with E-state index in [9.17, 15) is 32.7 Å². The van der Waals surface area contributed by atoms with E-state index in [1.54, 1.807) is 54.7 Å². The Kier molecular flexibility index (Phi) is 13.6. The smallest absolute Gasteiger partial charge is 0.490 e. The van der Waals surface area contributed by atoms with Gasteiger partial charge in [0, 0.05) is 29.9 Å². The number of carboxylic acids is 2. The number of rotatable bonds is 13. The van der Waals surface area contributed by atoms with Crippen LogP contribution in [0.5, 0.6) is 11.5 Å². The van der Waals surface area contributed by atoms with E-state index in [1.807, 2.05) is 39.0 Å². The lowest BCUT2D eigenvalue weighted by atomic mass is 10.00. The average molecular weight is 714 g/mol. The van der Waals surface area contributed by atoms with E-state index in [4.69, 9.17) is 25.1 Å². The van der Waals surface area contributed by atoms with Crippen LogP contribution in [0, 0.1) is 0 Å². The maximum atomic E-state index is 14.1. The number of carbonyl (C=O) groups is 4. The third-order valence-electron chi connectivity index (χ3n) is 6.88. The first-order valence-electron chi connectivity index (χ1n) is 15.5. The molecular formula is C35H38F3N5O8. The highest BCUT2D eigenvalue weighted by molar-refractivity contribution is 5.94. The molecule has 0 saturated heterocycles. The Morgan fingerprint density at radius 3 is 2.24 bits per heavy atom. The molecule has 3 aromatic carbocycles. The van der Waals surface area contributed by atoms with Gasteiger partial charge < -0.3 is 41.4 Å². The lowest BCUT2D eigenvalue weighted by molar-refractivity contribution is -0.192. The van der Waals surface area contributed by atoms with Crippen LogP contribution in [-0.2, 0) is 19.2 Å². The zero-order valence-corrected chi connectivity index (χ0v) is 28.1. The van der Waals surface area contributed by atoms with Gasteiger partial charge in [0.15, 0.2) is 11.5 Å². The number of aromatic nitrogens is 1. The van der Waals surface area contributed by atoms with Crippen LogP contribution in [0.2, 0.25) is 0 Å². The Balaban J connectivity index is 0.000000908. The number of nitrogen functional groups attached to an aromatic ring is 1. The summed E-state index contributed by atoms with van der Waals surface area (Å²) >= 11 is 0. The number of halogens is 3. The molecule has 0 bridgehead atoms. The number of ether oxygens (including phenoxy) is 2. The number of benzene rings is 3. The van der Waals surface area contributed by atoms with Gasteiger partial charge in [-0.3, -0.25) is 14.4 Å². The second-order valence-electron chi connectivity index (χ2n) is 11.3. The molecule has 0 aliphatic heterocycles. The largest absolute Gasteiger partial charge is 0.490 e. The monoisotopic (exact) mass is 713 g/mol. The van der Waals surface area contributed by atoms with Crippen LogP contribution in [0.1, 0.15) is 57.3 Å². The van der Waals surface area contributed by atoms with E-state index in [0.29, 0.717) is 46.4 Å². The normalized spacial score (nSPS) is 12.2. The number of hydrogen-bond acceptors (Lipinski definition) is 9. The summed E-state index contributed by atoms with van der Waals surface area (Å²) in [4.78, 5) is 50.6. The highest BCUT2D eigenvalue weighted by Gasteiger charge is 2.38. The lowest BCUT2D eigenvalue weighted by Crippen LogP contribution is -2.37. The molecule has 1 unspecified atom stereocenters. The van der Waals surface area contributed by atoms with Gasteiger partial charge >= 0.3 is 18.1 Å². The number of pyridine rings is 1. The van der Waals surface area contributed by atoms with E-state index in [0.717, 1.165) is 10.8 Å². The molecule has 0 radical (unpaired) electrons. The minimum absolute atomic E-state index is 0.0955. The Morgan fingerprint density at radius 1 is 0.922 bits per heavy atom. The Hall–Kier alpha value is -6.06. The molecule has 51 heavy (non-hydrogen) atoms. The molecular weight excluding hydrogens is 675 g/mol. The second-order valence-corrected chi connectivity index (χ2v) is 11.3. The fourth-order valence-corrected chi connectivity index (χ4v) is 4.80. The number of nitrogens with two attached hydrogens (primary N) is 1. The van der Waals surface area contributed by atoms with Crippen molar-refractivity contribution >= 4 is 51.7 Å². The van der Waals surface area contributed by atoms with Crippen molar-refractivity contribution in [1.82, 2.24) is 10.3 Å². The average Bonchev–Trinajstić information content (AvgIpc) is 3.03. The minimum atomic E-state index is -5.08. The van der Waals surface area contributed by atoms with Crippen LogP contribution in [0.4, 0.5) is 30.4 Å². The molecule has 4 rings (SSSR count). The fraction of sp³-hybridized carbons (Fsp3) is 0.286. The molecule has 0 saturated carbocycles. The van der Waals surface area contributed by atoms with Gasteiger partial charge in [0.1, 0.15) is 11.9 Å². The summed E-state index contributed by atoms with van der Waals surface area (Å²) in [5.41, 5.74) is 8.24. The summed E-state index contributed by atoms with van der Waals surface area (Å²) in [5.74, 6) is -3.20. The van der Waals surface area contributed by atoms with Crippen molar-refractivity contribution in [3.05, 3.63) is 84.1 Å². The van der Waals surface area contributed by atoms with Gasteiger partial charge in [-0.25, -0.2) is 9.78 Å². The number of aliphatic carboxylic acids is 2. The standard InChI is InChI=1S/C33H37N5O6.C2HF3O2/c1-5-43-29-17-23(9-12-28(29)44-19(2)3)31(37-25-10-11-26-21(15-25)13-14-35-32(26)34)33(42)38-27(18-30(40)41)22-7-6-8-24(16-22)36-20(4)39;3-2(4,5)1(6)7/h6-17,19,27,31,37H,5,18H2,1-4H3,(H2,34,35)(H,36,39)(H,38,42)(H,40,41);(H,6,7)/t27-,31?;/m1./s1. The van der Waals surface area contributed by atoms with Crippen LogP contribution in [0.3, 0.4) is 0 Å². The Bertz CT molecular complexity index is 1870. The van der Waals surface area contributed by atoms with E-state index in [2.05, 4.69) is 20.9 Å². The summed E-state index contributed by atoms with van der Waals surface area (Å²) in [6.07, 6.45) is -3.95. The maximum Gasteiger partial charge on any atom is 0.490 e. The van der Waals surface area contributed by atoms with Crippen LogP contribution in [0.15, 0.2) is 72.9 Å². The van der Waals surface area contributed by atoms with Gasteiger partial charge in [-0.05, 0) is 85.8 Å². The van der Waals surface area contributed by atoms with Gasteiger partial charge in [-0.1, -0.05) is 18.2 Å². The molecule has 16 heteroatoms. The highest BCUT2D eigenvalue weighted by Crippen LogP contribution is 2.34. The number of amides is 2. The molecule has 2 atom stereocenters. The molecule has 1 heterocycles. The molecule has 13 nitrogen and oxygen atoms in total. The second kappa shape index (κ2) is 17.6. The third kappa shape index (κ3) is 11.8. The molecule has 2 amide bonds. The number of hydrogen-bond donors (Lipinski definition) is 6. The van der Waals surface area contributed by atoms with E-state index in [1.165, 1.54) is 6.92 Å². The number of nitrogens with one attached hydrogen (secondary N) is 3. The molecule has 0 aliphatic carbocycles. The number of anilines is 3. The number of carbonyl (C=O) groups excluding carboxylic acids is 2. The van der Waals surface area contributed by atoms with Crippen LogP contribution >= 0.6 is 0 Å². The van der Waals surface area contributed by atoms with Crippen molar-refractivity contribution in [2.75, 3.05) is 23.0 Å². The Labute approximate surface area is 291 Å². The molecule has 0 spiro atoms. The maximum absolute atomic E-state index is 14.1. The van der Waals surface area contributed by atoms with Crippen molar-refractivity contribution in [2.45, 2.75) is 58.5 Å². The SMILES string of the molecule is CCOc1cc(C(Nc2ccc3c(N)nccc3c2)C(=O)N[C@H](CC(=O)O)c2cccc(NC(C)=O)c2)ccc1OC(C)C.O=C(O)C(F)(F)F. The van der Waals surface area contributed by atoms with Crippen molar-refractivity contribution in [3.63, 3.8) is 0 Å². The van der Waals surface area contributed by atoms with Crippen LogP contribution in [-0.4, -0.2) is 57.8 Å². The molecule has 1 aromatic heterocycles. The predicted molar refractivity (Wildman–Crippen MR) is 183 cm³/mol. The summed E-state index contributed by atoms with van der Waals surface area (Å²) in [5, 5.41) is 27.3. The first-order chi connectivity index (χ1) is 24.0. The fourth-order valence-electron chi connectivity index (χ4n) is 4.80. The molecule has 4 aromatic rings. The molecule has 272 valence electrons. The van der Waals surface area contributed by atoms with Crippen molar-refractivity contribution < 1.29 is 52.0 Å². The first kappa shape index (κ1) is 39.4. The van der Waals surface area contributed by atoms with Crippen molar-refractivity contribution in [3.8, 4) is 11.5 Å². The number of nitrogens with zero attached hydrogens (tertiary/aromatic N) is 1. The summed E-state index contributed by atoms with van der Waals surface area (Å²) in [6, 6.07) is 17.4. The first-order valence-corrected chi connectivity index (χ1v) is 15.5. The van der Waals surface area contributed by atoms with Crippen molar-refractivity contribution in [2.24, 2.45) is 0 Å². The predicted octanol–water partition coefficient (Wildman–Crippen LogP) is 6.08. The van der Waals surface area contributed by atoms with Gasteiger partial charge in [-0.2, -0.15) is 13.2 Å².